The Morgan fingerprint density at radius 1 is 1.26 bits per heavy atom. The predicted octanol–water partition coefficient (Wildman–Crippen LogP) is 2.69. The van der Waals surface area contributed by atoms with E-state index in [4.69, 9.17) is 6.42 Å². The average molecular weight is 306 g/mol. The van der Waals surface area contributed by atoms with Crippen molar-refractivity contribution in [3.8, 4) is 12.3 Å². The van der Waals surface area contributed by atoms with Crippen LogP contribution in [0.25, 0.3) is 0 Å². The summed E-state index contributed by atoms with van der Waals surface area (Å²) in [5.74, 6) is 2.08. The number of hydrogen-bond donors (Lipinski definition) is 1. The van der Waals surface area contributed by atoms with Crippen LogP contribution in [0.5, 0.6) is 0 Å². The lowest BCUT2D eigenvalue weighted by atomic mass is 10.1. The molecule has 23 heavy (non-hydrogen) atoms. The van der Waals surface area contributed by atoms with Gasteiger partial charge in [0.1, 0.15) is 0 Å². The number of rotatable bonds is 3. The second kappa shape index (κ2) is 6.53. The highest BCUT2D eigenvalue weighted by atomic mass is 16.2. The van der Waals surface area contributed by atoms with Gasteiger partial charge in [-0.2, -0.15) is 0 Å². The van der Waals surface area contributed by atoms with E-state index in [1.807, 2.05) is 6.08 Å². The molecule has 0 bridgehead atoms. The van der Waals surface area contributed by atoms with E-state index in [2.05, 4.69) is 23.4 Å². The van der Waals surface area contributed by atoms with Crippen LogP contribution in [0.1, 0.15) is 24.8 Å². The summed E-state index contributed by atoms with van der Waals surface area (Å²) in [7, 11) is 0. The van der Waals surface area contributed by atoms with Gasteiger partial charge in [0.2, 0.25) is 11.8 Å². The summed E-state index contributed by atoms with van der Waals surface area (Å²) >= 11 is 0. The highest BCUT2D eigenvalue weighted by Crippen LogP contribution is 2.26. The van der Waals surface area contributed by atoms with Crippen LogP contribution in [0.4, 0.5) is 5.69 Å². The lowest BCUT2D eigenvalue weighted by molar-refractivity contribution is -0.126. The van der Waals surface area contributed by atoms with Crippen LogP contribution >= 0.6 is 0 Å². The first-order valence-corrected chi connectivity index (χ1v) is 7.72. The molecule has 116 valence electrons. The summed E-state index contributed by atoms with van der Waals surface area (Å²) in [5, 5.41) is 2.86. The smallest absolute Gasteiger partial charge is 0.229 e. The number of carbonyl (C=O) groups is 2. The number of anilines is 1. The standard InChI is InChI=1S/C19H18N2O2/c1-2-14-8-10-16(11-9-14)20-19(23)15-12-18(22)21(13-15)17-6-4-3-5-7-17/h1,4,6-11,15H,3,5,12-13H2,(H,20,23). The van der Waals surface area contributed by atoms with Crippen molar-refractivity contribution >= 4 is 17.5 Å². The molecule has 0 saturated carbocycles. The third-order valence-electron chi connectivity index (χ3n) is 4.10. The molecular formula is C19H18N2O2. The Bertz CT molecular complexity index is 723. The fourth-order valence-electron chi connectivity index (χ4n) is 2.83. The molecule has 1 unspecified atom stereocenters. The van der Waals surface area contributed by atoms with Crippen LogP contribution in [0.15, 0.2) is 48.2 Å². The van der Waals surface area contributed by atoms with Crippen LogP contribution in [-0.4, -0.2) is 23.3 Å². The largest absolute Gasteiger partial charge is 0.326 e. The summed E-state index contributed by atoms with van der Waals surface area (Å²) in [6, 6.07) is 7.10. The van der Waals surface area contributed by atoms with Crippen molar-refractivity contribution in [3.63, 3.8) is 0 Å². The maximum atomic E-state index is 12.4. The van der Waals surface area contributed by atoms with Crippen LogP contribution in [0.2, 0.25) is 0 Å². The van der Waals surface area contributed by atoms with Gasteiger partial charge >= 0.3 is 0 Å². The number of likely N-dealkylation sites (tertiary alicyclic amines) is 1. The lowest BCUT2D eigenvalue weighted by Crippen LogP contribution is -2.27. The molecule has 0 aromatic heterocycles. The van der Waals surface area contributed by atoms with Crippen molar-refractivity contribution in [2.75, 3.05) is 11.9 Å². The molecule has 1 aliphatic heterocycles. The number of carbonyl (C=O) groups excluding carboxylic acids is 2. The van der Waals surface area contributed by atoms with E-state index in [1.54, 1.807) is 29.2 Å². The van der Waals surface area contributed by atoms with Crippen molar-refractivity contribution in [1.29, 1.82) is 0 Å². The number of nitrogens with one attached hydrogen (secondary N) is 1. The summed E-state index contributed by atoms with van der Waals surface area (Å²) in [6.45, 7) is 0.434. The van der Waals surface area contributed by atoms with Gasteiger partial charge in [-0.05, 0) is 43.2 Å². The van der Waals surface area contributed by atoms with Gasteiger partial charge in [-0.15, -0.1) is 6.42 Å². The molecule has 4 heteroatoms. The van der Waals surface area contributed by atoms with E-state index in [1.165, 1.54) is 0 Å². The number of allylic oxidation sites excluding steroid dienone is 3. The Balaban J connectivity index is 1.64. The monoisotopic (exact) mass is 306 g/mol. The lowest BCUT2D eigenvalue weighted by Gasteiger charge is -2.19. The number of terminal acetylenes is 1. The minimum atomic E-state index is -0.328. The van der Waals surface area contributed by atoms with Crippen molar-refractivity contribution in [2.24, 2.45) is 5.92 Å². The zero-order valence-electron chi connectivity index (χ0n) is 12.8. The summed E-state index contributed by atoms with van der Waals surface area (Å²) in [5.41, 5.74) is 2.37. The quantitative estimate of drug-likeness (QED) is 0.873. The van der Waals surface area contributed by atoms with Gasteiger partial charge in [0.25, 0.3) is 0 Å². The maximum absolute atomic E-state index is 12.4. The molecule has 1 saturated heterocycles. The molecular weight excluding hydrogens is 288 g/mol. The van der Waals surface area contributed by atoms with Crippen LogP contribution < -0.4 is 5.32 Å². The van der Waals surface area contributed by atoms with E-state index in [9.17, 15) is 9.59 Å². The second-order valence-electron chi connectivity index (χ2n) is 5.73. The fraction of sp³-hybridized carbons (Fsp3) is 0.263. The maximum Gasteiger partial charge on any atom is 0.229 e. The molecule has 1 atom stereocenters. The number of nitrogens with zero attached hydrogens (tertiary/aromatic N) is 1. The molecule has 0 spiro atoms. The molecule has 1 aliphatic carbocycles. The van der Waals surface area contributed by atoms with E-state index in [0.717, 1.165) is 24.1 Å². The molecule has 1 aromatic rings. The van der Waals surface area contributed by atoms with Crippen LogP contribution in [-0.2, 0) is 9.59 Å². The van der Waals surface area contributed by atoms with Gasteiger partial charge in [-0.1, -0.05) is 18.1 Å². The van der Waals surface area contributed by atoms with Crippen molar-refractivity contribution in [1.82, 2.24) is 4.90 Å². The highest BCUT2D eigenvalue weighted by Gasteiger charge is 2.35. The van der Waals surface area contributed by atoms with Crippen LogP contribution in [0, 0.1) is 18.3 Å². The zero-order chi connectivity index (χ0) is 16.2. The van der Waals surface area contributed by atoms with E-state index in [0.29, 0.717) is 12.2 Å². The Morgan fingerprint density at radius 2 is 2.04 bits per heavy atom. The molecule has 1 aromatic carbocycles. The number of benzene rings is 1. The first-order valence-electron chi connectivity index (χ1n) is 7.72. The molecule has 1 heterocycles. The van der Waals surface area contributed by atoms with Gasteiger partial charge in [-0.3, -0.25) is 9.59 Å². The van der Waals surface area contributed by atoms with Gasteiger partial charge in [-0.25, -0.2) is 0 Å². The SMILES string of the molecule is C#Cc1ccc(NC(=O)C2CC(=O)N(C3=CCCC=C3)C2)cc1. The van der Waals surface area contributed by atoms with E-state index >= 15 is 0 Å². The predicted molar refractivity (Wildman–Crippen MR) is 89.3 cm³/mol. The molecule has 3 rings (SSSR count). The minimum absolute atomic E-state index is 0.00521. The molecule has 0 radical (unpaired) electrons. The Morgan fingerprint density at radius 3 is 2.70 bits per heavy atom. The first kappa shape index (κ1) is 15.1. The highest BCUT2D eigenvalue weighted by molar-refractivity contribution is 5.97. The Labute approximate surface area is 135 Å². The van der Waals surface area contributed by atoms with Crippen molar-refractivity contribution < 1.29 is 9.59 Å². The first-order chi connectivity index (χ1) is 11.2. The zero-order valence-corrected chi connectivity index (χ0v) is 12.8. The van der Waals surface area contributed by atoms with Gasteiger partial charge in [0.05, 0.1) is 5.92 Å². The minimum Gasteiger partial charge on any atom is -0.326 e. The summed E-state index contributed by atoms with van der Waals surface area (Å²) < 4.78 is 0. The summed E-state index contributed by atoms with van der Waals surface area (Å²) in [6.07, 6.45) is 13.6. The molecule has 4 nitrogen and oxygen atoms in total. The summed E-state index contributed by atoms with van der Waals surface area (Å²) in [4.78, 5) is 26.3. The van der Waals surface area contributed by atoms with Gasteiger partial charge < -0.3 is 10.2 Å². The average Bonchev–Trinajstić information content (AvgIpc) is 2.98. The number of hydrogen-bond acceptors (Lipinski definition) is 2. The molecule has 2 aliphatic rings. The molecule has 2 amide bonds. The van der Waals surface area contributed by atoms with Crippen molar-refractivity contribution in [2.45, 2.75) is 19.3 Å². The second-order valence-corrected chi connectivity index (χ2v) is 5.73. The van der Waals surface area contributed by atoms with Crippen molar-refractivity contribution in [3.05, 3.63) is 53.8 Å². The third kappa shape index (κ3) is 3.35. The third-order valence-corrected chi connectivity index (χ3v) is 4.10. The Hall–Kier alpha value is -2.80. The van der Waals surface area contributed by atoms with Gasteiger partial charge in [0, 0.05) is 29.9 Å². The molecule has 1 fully saturated rings. The normalized spacial score (nSPS) is 20.1. The topological polar surface area (TPSA) is 49.4 Å². The van der Waals surface area contributed by atoms with Crippen LogP contribution in [0.3, 0.4) is 0 Å². The van der Waals surface area contributed by atoms with E-state index in [-0.39, 0.29) is 24.2 Å². The number of amides is 2. The Kier molecular flexibility index (Phi) is 4.29. The molecule has 1 N–H and O–H groups in total. The van der Waals surface area contributed by atoms with Gasteiger partial charge in [0.15, 0.2) is 0 Å². The fourth-order valence-corrected chi connectivity index (χ4v) is 2.83. The van der Waals surface area contributed by atoms with E-state index < -0.39 is 0 Å².